The van der Waals surface area contributed by atoms with Crippen LogP contribution in [0.15, 0.2) is 18.2 Å². The van der Waals surface area contributed by atoms with Gasteiger partial charge in [-0.3, -0.25) is 0 Å². The van der Waals surface area contributed by atoms with Gasteiger partial charge in [-0.2, -0.15) is 0 Å². The first-order valence-corrected chi connectivity index (χ1v) is 5.66. The van der Waals surface area contributed by atoms with E-state index in [4.69, 9.17) is 29.6 Å². The molecule has 1 aromatic carbocycles. The maximum atomic E-state index is 11.5. The van der Waals surface area contributed by atoms with Crippen molar-refractivity contribution in [2.24, 2.45) is 0 Å². The Kier molecular flexibility index (Phi) is 5.14. The van der Waals surface area contributed by atoms with Crippen LogP contribution < -0.4 is 5.32 Å². The molecule has 3 nitrogen and oxygen atoms in total. The number of carbonyl (C=O) groups excluding carboxylic acids is 1. The molecule has 0 atom stereocenters. The minimum absolute atomic E-state index is 0.213. The first-order chi connectivity index (χ1) is 8.04. The third-order valence-electron chi connectivity index (χ3n) is 2.09. The molecular weight excluding hydrogens is 259 g/mol. The molecule has 0 aromatic heterocycles. The Hall–Kier alpha value is -1.37. The highest BCUT2D eigenvalue weighted by Crippen LogP contribution is 2.23. The third-order valence-corrected chi connectivity index (χ3v) is 2.83. The zero-order valence-corrected chi connectivity index (χ0v) is 10.8. The van der Waals surface area contributed by atoms with Gasteiger partial charge in [0.1, 0.15) is 0 Å². The number of terminal acetylenes is 1. The Morgan fingerprint density at radius 3 is 2.76 bits per heavy atom. The number of benzene rings is 1. The lowest BCUT2D eigenvalue weighted by molar-refractivity contribution is 0.208. The molecule has 0 aliphatic carbocycles. The molecule has 0 fully saturated rings. The van der Waals surface area contributed by atoms with E-state index in [1.807, 2.05) is 6.07 Å². The van der Waals surface area contributed by atoms with Gasteiger partial charge in [-0.1, -0.05) is 35.2 Å². The summed E-state index contributed by atoms with van der Waals surface area (Å²) in [6, 6.07) is 5.02. The lowest BCUT2D eigenvalue weighted by Gasteiger charge is -2.17. The molecule has 1 aromatic rings. The molecule has 2 amide bonds. The number of carbonyl (C=O) groups is 1. The van der Waals surface area contributed by atoms with E-state index in [1.165, 1.54) is 4.90 Å². The smallest absolute Gasteiger partial charge is 0.318 e. The van der Waals surface area contributed by atoms with Gasteiger partial charge in [0.05, 0.1) is 16.6 Å². The number of rotatable bonds is 3. The molecule has 0 radical (unpaired) electrons. The minimum Gasteiger partial charge on any atom is -0.327 e. The van der Waals surface area contributed by atoms with Crippen molar-refractivity contribution in [2.75, 3.05) is 13.6 Å². The molecular formula is C12H12Cl2N2O. The second-order valence-electron chi connectivity index (χ2n) is 3.47. The summed E-state index contributed by atoms with van der Waals surface area (Å²) in [7, 11) is 1.67. The number of hydrogen-bond acceptors (Lipinski definition) is 1. The fourth-order valence-corrected chi connectivity index (χ4v) is 1.57. The molecule has 0 bridgehead atoms. The molecule has 1 rings (SSSR count). The van der Waals surface area contributed by atoms with Crippen LogP contribution >= 0.6 is 23.2 Å². The Morgan fingerprint density at radius 2 is 2.18 bits per heavy atom. The van der Waals surface area contributed by atoms with Crippen molar-refractivity contribution in [3.05, 3.63) is 33.8 Å². The van der Waals surface area contributed by atoms with Crippen molar-refractivity contribution in [2.45, 2.75) is 6.54 Å². The molecule has 17 heavy (non-hydrogen) atoms. The van der Waals surface area contributed by atoms with E-state index in [-0.39, 0.29) is 12.6 Å². The first kappa shape index (κ1) is 13.7. The minimum atomic E-state index is -0.228. The van der Waals surface area contributed by atoms with Crippen molar-refractivity contribution in [1.29, 1.82) is 0 Å². The van der Waals surface area contributed by atoms with Gasteiger partial charge in [-0.25, -0.2) is 4.79 Å². The summed E-state index contributed by atoms with van der Waals surface area (Å²) in [5, 5.41) is 3.54. The summed E-state index contributed by atoms with van der Waals surface area (Å²) >= 11 is 11.7. The highest BCUT2D eigenvalue weighted by Gasteiger charge is 2.08. The number of hydrogen-bond donors (Lipinski definition) is 1. The van der Waals surface area contributed by atoms with Gasteiger partial charge in [0.15, 0.2) is 0 Å². The van der Waals surface area contributed by atoms with Crippen LogP contribution in [-0.4, -0.2) is 24.5 Å². The molecule has 0 saturated heterocycles. The van der Waals surface area contributed by atoms with Gasteiger partial charge in [-0.05, 0) is 17.7 Å². The van der Waals surface area contributed by atoms with Crippen LogP contribution in [0.25, 0.3) is 0 Å². The molecule has 0 spiro atoms. The molecule has 0 heterocycles. The molecule has 1 N–H and O–H groups in total. The van der Waals surface area contributed by atoms with Gasteiger partial charge in [0.25, 0.3) is 0 Å². The predicted molar refractivity (Wildman–Crippen MR) is 70.2 cm³/mol. The normalized spacial score (nSPS) is 9.53. The number of nitrogens with one attached hydrogen (secondary N) is 1. The van der Waals surface area contributed by atoms with Gasteiger partial charge < -0.3 is 10.2 Å². The van der Waals surface area contributed by atoms with Crippen LogP contribution in [0.1, 0.15) is 5.56 Å². The maximum absolute atomic E-state index is 11.5. The van der Waals surface area contributed by atoms with Crippen molar-refractivity contribution in [3.8, 4) is 12.3 Å². The van der Waals surface area contributed by atoms with Crippen LogP contribution in [0.5, 0.6) is 0 Å². The molecule has 0 aliphatic heterocycles. The molecule has 0 unspecified atom stereocenters. The molecule has 0 aliphatic rings. The van der Waals surface area contributed by atoms with Crippen LogP contribution in [0, 0.1) is 12.3 Å². The van der Waals surface area contributed by atoms with Crippen molar-refractivity contribution in [1.82, 2.24) is 10.2 Å². The quantitative estimate of drug-likeness (QED) is 0.842. The van der Waals surface area contributed by atoms with Gasteiger partial charge >= 0.3 is 6.03 Å². The van der Waals surface area contributed by atoms with Crippen LogP contribution in [-0.2, 0) is 6.54 Å². The average Bonchev–Trinajstić information content (AvgIpc) is 2.30. The average molecular weight is 271 g/mol. The Bertz CT molecular complexity index is 454. The van der Waals surface area contributed by atoms with E-state index < -0.39 is 0 Å². The zero-order valence-electron chi connectivity index (χ0n) is 9.34. The maximum Gasteiger partial charge on any atom is 0.318 e. The Balaban J connectivity index is 2.62. The first-order valence-electron chi connectivity index (χ1n) is 4.91. The van der Waals surface area contributed by atoms with E-state index in [1.54, 1.807) is 19.2 Å². The van der Waals surface area contributed by atoms with E-state index in [0.717, 1.165) is 5.56 Å². The summed E-state index contributed by atoms with van der Waals surface area (Å²) < 4.78 is 0. The highest BCUT2D eigenvalue weighted by molar-refractivity contribution is 6.42. The van der Waals surface area contributed by atoms with E-state index in [0.29, 0.717) is 16.6 Å². The number of urea groups is 1. The highest BCUT2D eigenvalue weighted by atomic mass is 35.5. The van der Waals surface area contributed by atoms with Crippen molar-refractivity contribution >= 4 is 29.2 Å². The fraction of sp³-hybridized carbons (Fsp3) is 0.250. The fourth-order valence-electron chi connectivity index (χ4n) is 1.25. The summed E-state index contributed by atoms with van der Waals surface area (Å²) in [5.74, 6) is 2.34. The third kappa shape index (κ3) is 4.18. The van der Waals surface area contributed by atoms with Crippen LogP contribution in [0.2, 0.25) is 10.0 Å². The SMILES string of the molecule is C#CCNC(=O)N(C)Cc1ccc(Cl)c(Cl)c1. The Morgan fingerprint density at radius 1 is 1.47 bits per heavy atom. The van der Waals surface area contributed by atoms with Gasteiger partial charge in [0, 0.05) is 13.6 Å². The van der Waals surface area contributed by atoms with Gasteiger partial charge in [-0.15, -0.1) is 6.42 Å². The Labute approximate surface area is 111 Å². The largest absolute Gasteiger partial charge is 0.327 e. The lowest BCUT2D eigenvalue weighted by atomic mass is 10.2. The zero-order chi connectivity index (χ0) is 12.8. The van der Waals surface area contributed by atoms with Crippen LogP contribution in [0.4, 0.5) is 4.79 Å². The van der Waals surface area contributed by atoms with Gasteiger partial charge in [0.2, 0.25) is 0 Å². The van der Waals surface area contributed by atoms with E-state index in [2.05, 4.69) is 11.2 Å². The summed E-state index contributed by atoms with van der Waals surface area (Å²) in [6.45, 7) is 0.651. The number of halogens is 2. The standard InChI is InChI=1S/C12H12Cl2N2O/c1-3-6-15-12(17)16(2)8-9-4-5-10(13)11(14)7-9/h1,4-5,7H,6,8H2,2H3,(H,15,17). The molecule has 0 saturated carbocycles. The second-order valence-corrected chi connectivity index (χ2v) is 4.28. The summed E-state index contributed by atoms with van der Waals surface area (Å²) in [6.07, 6.45) is 5.05. The number of nitrogens with zero attached hydrogens (tertiary/aromatic N) is 1. The summed E-state index contributed by atoms with van der Waals surface area (Å²) in [5.41, 5.74) is 0.901. The lowest BCUT2D eigenvalue weighted by Crippen LogP contribution is -2.36. The van der Waals surface area contributed by atoms with Crippen molar-refractivity contribution in [3.63, 3.8) is 0 Å². The number of amides is 2. The monoisotopic (exact) mass is 270 g/mol. The molecule has 90 valence electrons. The topological polar surface area (TPSA) is 32.3 Å². The van der Waals surface area contributed by atoms with E-state index in [9.17, 15) is 4.79 Å². The van der Waals surface area contributed by atoms with Crippen molar-refractivity contribution < 1.29 is 4.79 Å². The summed E-state index contributed by atoms with van der Waals surface area (Å²) in [4.78, 5) is 13.0. The molecule has 5 heteroatoms. The second kappa shape index (κ2) is 6.39. The van der Waals surface area contributed by atoms with E-state index >= 15 is 0 Å². The van der Waals surface area contributed by atoms with Crippen LogP contribution in [0.3, 0.4) is 0 Å². The predicted octanol–water partition coefficient (Wildman–Crippen LogP) is 2.77.